The van der Waals surface area contributed by atoms with Crippen LogP contribution in [0.25, 0.3) is 22.4 Å². The Morgan fingerprint density at radius 1 is 0.826 bits per heavy atom. The molecule has 0 aliphatic heterocycles. The van der Waals surface area contributed by atoms with Crippen LogP contribution in [0.3, 0.4) is 0 Å². The van der Waals surface area contributed by atoms with Gasteiger partial charge in [0.25, 0.3) is 0 Å². The number of aromatic nitrogens is 1. The van der Waals surface area contributed by atoms with Crippen LogP contribution in [-0.4, -0.2) is 25.7 Å². The van der Waals surface area contributed by atoms with Gasteiger partial charge in [0.05, 0.1) is 27.0 Å². The topological polar surface area (TPSA) is 40.6 Å². The molecule has 0 N–H and O–H groups in total. The fourth-order valence-corrected chi connectivity index (χ4v) is 3.20. The van der Waals surface area contributed by atoms with E-state index in [0.29, 0.717) is 17.2 Å². The molecule has 0 fully saturated rings. The van der Waals surface area contributed by atoms with Crippen LogP contribution in [0.4, 0.5) is 0 Å². The van der Waals surface area contributed by atoms with E-state index in [1.54, 1.807) is 21.3 Å². The molecule has 0 aliphatic rings. The molecule has 118 valence electrons. The number of ether oxygens (including phenoxy) is 3. The molecule has 0 aliphatic carbocycles. The third-order valence-corrected chi connectivity index (χ3v) is 4.22. The predicted molar refractivity (Wildman–Crippen MR) is 92.6 cm³/mol. The summed E-state index contributed by atoms with van der Waals surface area (Å²) in [6, 6.07) is 14.0. The van der Waals surface area contributed by atoms with Gasteiger partial charge in [-0.25, -0.2) is 0 Å². The molecule has 0 saturated heterocycles. The Labute approximate surface area is 139 Å². The van der Waals surface area contributed by atoms with Gasteiger partial charge in [-0.1, -0.05) is 30.3 Å². The van der Waals surface area contributed by atoms with Gasteiger partial charge in [-0.15, -0.1) is 0 Å². The highest BCUT2D eigenvalue weighted by atomic mass is 32.1. The number of rotatable bonds is 5. The average Bonchev–Trinajstić information content (AvgIpc) is 3.10. The van der Waals surface area contributed by atoms with Crippen molar-refractivity contribution in [3.8, 4) is 39.6 Å². The van der Waals surface area contributed by atoms with Gasteiger partial charge in [0, 0.05) is 16.5 Å². The van der Waals surface area contributed by atoms with Gasteiger partial charge >= 0.3 is 0 Å². The zero-order chi connectivity index (χ0) is 16.2. The first kappa shape index (κ1) is 15.4. The smallest absolute Gasteiger partial charge is 0.203 e. The van der Waals surface area contributed by atoms with Crippen molar-refractivity contribution in [1.29, 1.82) is 0 Å². The van der Waals surface area contributed by atoms with E-state index in [0.717, 1.165) is 22.4 Å². The van der Waals surface area contributed by atoms with Crippen molar-refractivity contribution in [2.75, 3.05) is 21.3 Å². The maximum absolute atomic E-state index is 5.44. The van der Waals surface area contributed by atoms with Crippen molar-refractivity contribution in [2.24, 2.45) is 0 Å². The number of hydrogen-bond acceptors (Lipinski definition) is 5. The molecule has 0 spiro atoms. The van der Waals surface area contributed by atoms with Gasteiger partial charge in [-0.3, -0.25) is 0 Å². The second-order valence-electron chi connectivity index (χ2n) is 4.86. The summed E-state index contributed by atoms with van der Waals surface area (Å²) in [4.78, 5) is 0. The van der Waals surface area contributed by atoms with E-state index >= 15 is 0 Å². The van der Waals surface area contributed by atoms with Crippen LogP contribution in [0.2, 0.25) is 0 Å². The van der Waals surface area contributed by atoms with Crippen LogP contribution >= 0.6 is 11.5 Å². The lowest BCUT2D eigenvalue weighted by molar-refractivity contribution is 0.324. The Morgan fingerprint density at radius 2 is 1.48 bits per heavy atom. The van der Waals surface area contributed by atoms with Gasteiger partial charge in [-0.05, 0) is 29.2 Å². The van der Waals surface area contributed by atoms with Gasteiger partial charge in [0.1, 0.15) is 0 Å². The maximum Gasteiger partial charge on any atom is 0.203 e. The van der Waals surface area contributed by atoms with Crippen LogP contribution < -0.4 is 14.2 Å². The SMILES string of the molecule is COc1cc(-c2csnc2-c2ccccc2)cc(OC)c1OC. The normalized spacial score (nSPS) is 10.4. The van der Waals surface area contributed by atoms with Gasteiger partial charge < -0.3 is 14.2 Å². The Bertz CT molecular complexity index is 774. The second kappa shape index (κ2) is 6.71. The van der Waals surface area contributed by atoms with Crippen molar-refractivity contribution in [3.05, 3.63) is 47.8 Å². The van der Waals surface area contributed by atoms with E-state index in [2.05, 4.69) is 16.5 Å². The first-order valence-electron chi connectivity index (χ1n) is 7.08. The highest BCUT2D eigenvalue weighted by Crippen LogP contribution is 2.43. The molecule has 0 amide bonds. The molecular formula is C18H17NO3S. The fraction of sp³-hybridized carbons (Fsp3) is 0.167. The molecule has 3 rings (SSSR count). The molecule has 2 aromatic carbocycles. The molecule has 0 bridgehead atoms. The molecule has 23 heavy (non-hydrogen) atoms. The first-order valence-corrected chi connectivity index (χ1v) is 7.92. The molecule has 0 radical (unpaired) electrons. The fourth-order valence-electron chi connectivity index (χ4n) is 2.48. The molecule has 5 heteroatoms. The molecular weight excluding hydrogens is 310 g/mol. The van der Waals surface area contributed by atoms with Crippen molar-refractivity contribution < 1.29 is 14.2 Å². The van der Waals surface area contributed by atoms with E-state index in [1.807, 2.05) is 35.7 Å². The lowest BCUT2D eigenvalue weighted by Gasteiger charge is -2.14. The van der Waals surface area contributed by atoms with Gasteiger partial charge in [-0.2, -0.15) is 4.37 Å². The standard InChI is InChI=1S/C18H17NO3S/c1-20-15-9-13(10-16(21-2)18(15)22-3)14-11-23-19-17(14)12-7-5-4-6-8-12/h4-11H,1-3H3. The Kier molecular flexibility index (Phi) is 4.48. The Balaban J connectivity index is 2.15. The summed E-state index contributed by atoms with van der Waals surface area (Å²) in [7, 11) is 4.83. The minimum absolute atomic E-state index is 0.586. The summed E-state index contributed by atoms with van der Waals surface area (Å²) in [6.07, 6.45) is 0. The number of methoxy groups -OCH3 is 3. The molecule has 0 saturated carbocycles. The molecule has 0 unspecified atom stereocenters. The van der Waals surface area contributed by atoms with E-state index < -0.39 is 0 Å². The van der Waals surface area contributed by atoms with E-state index in [9.17, 15) is 0 Å². The van der Waals surface area contributed by atoms with Crippen LogP contribution in [0.5, 0.6) is 17.2 Å². The van der Waals surface area contributed by atoms with E-state index in [4.69, 9.17) is 14.2 Å². The lowest BCUT2D eigenvalue weighted by atomic mass is 10.0. The minimum Gasteiger partial charge on any atom is -0.493 e. The average molecular weight is 327 g/mol. The largest absolute Gasteiger partial charge is 0.493 e. The maximum atomic E-state index is 5.44. The van der Waals surface area contributed by atoms with Crippen LogP contribution in [0.1, 0.15) is 0 Å². The quantitative estimate of drug-likeness (QED) is 0.691. The molecule has 3 aromatic rings. The van der Waals surface area contributed by atoms with Crippen LogP contribution in [-0.2, 0) is 0 Å². The minimum atomic E-state index is 0.586. The molecule has 0 atom stereocenters. The van der Waals surface area contributed by atoms with Crippen molar-refractivity contribution in [2.45, 2.75) is 0 Å². The highest BCUT2D eigenvalue weighted by molar-refractivity contribution is 7.04. The van der Waals surface area contributed by atoms with Crippen LogP contribution in [0, 0.1) is 0 Å². The monoisotopic (exact) mass is 327 g/mol. The summed E-state index contributed by atoms with van der Waals surface area (Å²) in [5, 5.41) is 2.03. The van der Waals surface area contributed by atoms with Crippen molar-refractivity contribution in [1.82, 2.24) is 4.37 Å². The number of benzene rings is 2. The summed E-state index contributed by atoms with van der Waals surface area (Å²) in [6.45, 7) is 0. The molecule has 1 aromatic heterocycles. The van der Waals surface area contributed by atoms with Crippen molar-refractivity contribution >= 4 is 11.5 Å². The third-order valence-electron chi connectivity index (χ3n) is 3.59. The second-order valence-corrected chi connectivity index (χ2v) is 5.49. The molecule has 1 heterocycles. The van der Waals surface area contributed by atoms with Gasteiger partial charge in [0.15, 0.2) is 11.5 Å². The van der Waals surface area contributed by atoms with E-state index in [1.165, 1.54) is 11.5 Å². The van der Waals surface area contributed by atoms with Crippen LogP contribution in [0.15, 0.2) is 47.8 Å². The lowest BCUT2D eigenvalue weighted by Crippen LogP contribution is -1.95. The zero-order valence-corrected chi connectivity index (χ0v) is 14.0. The summed E-state index contributed by atoms with van der Waals surface area (Å²) >= 11 is 1.43. The summed E-state index contributed by atoms with van der Waals surface area (Å²) < 4.78 is 20.8. The molecule has 4 nitrogen and oxygen atoms in total. The Morgan fingerprint density at radius 3 is 2.04 bits per heavy atom. The highest BCUT2D eigenvalue weighted by Gasteiger charge is 2.17. The Hall–Kier alpha value is -2.53. The number of nitrogens with zero attached hydrogens (tertiary/aromatic N) is 1. The van der Waals surface area contributed by atoms with Crippen molar-refractivity contribution in [3.63, 3.8) is 0 Å². The third kappa shape index (κ3) is 2.87. The zero-order valence-electron chi connectivity index (χ0n) is 13.2. The summed E-state index contributed by atoms with van der Waals surface area (Å²) in [5.74, 6) is 1.85. The van der Waals surface area contributed by atoms with E-state index in [-0.39, 0.29) is 0 Å². The number of hydrogen-bond donors (Lipinski definition) is 0. The predicted octanol–water partition coefficient (Wildman–Crippen LogP) is 4.50. The van der Waals surface area contributed by atoms with Gasteiger partial charge in [0.2, 0.25) is 5.75 Å². The first-order chi connectivity index (χ1) is 11.3. The summed E-state index contributed by atoms with van der Waals surface area (Å²) in [5.41, 5.74) is 4.05.